The number of nitrogens with two attached hydrogens (primary N) is 1. The topological polar surface area (TPSA) is 73.6 Å². The number of amides is 1. The molecule has 1 aliphatic carbocycles. The average molecular weight is 276 g/mol. The molecule has 20 heavy (non-hydrogen) atoms. The van der Waals surface area contributed by atoms with Gasteiger partial charge in [0.25, 0.3) is 0 Å². The molecule has 2 aliphatic rings. The Morgan fingerprint density at radius 1 is 1.30 bits per heavy atom. The maximum absolute atomic E-state index is 12.4. The average Bonchev–Trinajstić information content (AvgIpc) is 3.28. The molecular formula is C15H20N2O3. The van der Waals surface area contributed by atoms with E-state index in [1.165, 1.54) is 0 Å². The van der Waals surface area contributed by atoms with E-state index in [4.69, 9.17) is 15.2 Å². The lowest BCUT2D eigenvalue weighted by Crippen LogP contribution is -2.43. The third-order valence-electron chi connectivity index (χ3n) is 4.02. The summed E-state index contributed by atoms with van der Waals surface area (Å²) in [5.74, 6) is 0.0800. The highest BCUT2D eigenvalue weighted by molar-refractivity contribution is 5.91. The predicted octanol–water partition coefficient (Wildman–Crippen LogP) is 0.832. The van der Waals surface area contributed by atoms with Gasteiger partial charge in [0, 0.05) is 12.2 Å². The van der Waals surface area contributed by atoms with Crippen molar-refractivity contribution in [1.82, 2.24) is 5.32 Å². The quantitative estimate of drug-likeness (QED) is 0.799. The van der Waals surface area contributed by atoms with Crippen LogP contribution in [0.25, 0.3) is 0 Å². The highest BCUT2D eigenvalue weighted by Crippen LogP contribution is 2.48. The number of hydrogen-bond donors (Lipinski definition) is 2. The third kappa shape index (κ3) is 2.64. The highest BCUT2D eigenvalue weighted by atomic mass is 16.6. The van der Waals surface area contributed by atoms with Gasteiger partial charge in [-0.3, -0.25) is 4.79 Å². The van der Waals surface area contributed by atoms with E-state index in [-0.39, 0.29) is 17.4 Å². The molecule has 0 bridgehead atoms. The molecule has 1 saturated carbocycles. The molecule has 5 nitrogen and oxygen atoms in total. The Bertz CT molecular complexity index is 476. The minimum atomic E-state index is -0.358. The summed E-state index contributed by atoms with van der Waals surface area (Å²) in [6.07, 6.45) is 1.75. The molecular weight excluding hydrogens is 256 g/mol. The van der Waals surface area contributed by atoms with Gasteiger partial charge in [0.1, 0.15) is 0 Å². The van der Waals surface area contributed by atoms with Crippen LogP contribution in [0.2, 0.25) is 0 Å². The van der Waals surface area contributed by atoms with Crippen molar-refractivity contribution in [2.45, 2.75) is 24.4 Å². The molecule has 0 spiro atoms. The number of benzene rings is 1. The van der Waals surface area contributed by atoms with E-state index in [1.807, 2.05) is 24.3 Å². The molecule has 2 fully saturated rings. The zero-order valence-electron chi connectivity index (χ0n) is 11.4. The van der Waals surface area contributed by atoms with Gasteiger partial charge in [-0.05, 0) is 30.5 Å². The van der Waals surface area contributed by atoms with Crippen LogP contribution in [0.4, 0.5) is 5.69 Å². The van der Waals surface area contributed by atoms with Gasteiger partial charge in [-0.15, -0.1) is 0 Å². The number of rotatable bonds is 4. The van der Waals surface area contributed by atoms with Gasteiger partial charge in [-0.25, -0.2) is 0 Å². The number of anilines is 1. The Morgan fingerprint density at radius 2 is 2.05 bits per heavy atom. The van der Waals surface area contributed by atoms with E-state index in [0.717, 1.165) is 24.1 Å². The predicted molar refractivity (Wildman–Crippen MR) is 75.3 cm³/mol. The molecule has 1 unspecified atom stereocenters. The fourth-order valence-corrected chi connectivity index (χ4v) is 2.60. The standard InChI is InChI=1S/C15H20N2O3/c16-12-3-1-11(2-4-12)15(5-6-15)14(18)17-9-13-10-19-7-8-20-13/h1-4,13H,5-10,16H2,(H,17,18). The van der Waals surface area contributed by atoms with Crippen molar-refractivity contribution in [1.29, 1.82) is 0 Å². The number of carbonyl (C=O) groups excluding carboxylic acids is 1. The van der Waals surface area contributed by atoms with Crippen LogP contribution in [-0.4, -0.2) is 38.4 Å². The minimum absolute atomic E-state index is 0.0325. The molecule has 5 heteroatoms. The van der Waals surface area contributed by atoms with Crippen molar-refractivity contribution in [3.8, 4) is 0 Å². The summed E-state index contributed by atoms with van der Waals surface area (Å²) in [6, 6.07) is 7.59. The first kappa shape index (κ1) is 13.4. The number of hydrogen-bond acceptors (Lipinski definition) is 4. The summed E-state index contributed by atoms with van der Waals surface area (Å²) in [4.78, 5) is 12.4. The van der Waals surface area contributed by atoms with Gasteiger partial charge in [0.15, 0.2) is 0 Å². The second kappa shape index (κ2) is 5.42. The van der Waals surface area contributed by atoms with Crippen molar-refractivity contribution >= 4 is 11.6 Å². The van der Waals surface area contributed by atoms with Crippen molar-refractivity contribution in [3.63, 3.8) is 0 Å². The molecule has 1 atom stereocenters. The Morgan fingerprint density at radius 3 is 2.65 bits per heavy atom. The van der Waals surface area contributed by atoms with E-state index in [2.05, 4.69) is 5.32 Å². The van der Waals surface area contributed by atoms with Crippen LogP contribution < -0.4 is 11.1 Å². The lowest BCUT2D eigenvalue weighted by Gasteiger charge is -2.24. The number of nitrogen functional groups attached to an aromatic ring is 1. The van der Waals surface area contributed by atoms with Crippen LogP contribution >= 0.6 is 0 Å². The highest BCUT2D eigenvalue weighted by Gasteiger charge is 2.51. The number of nitrogens with one attached hydrogen (secondary N) is 1. The Hall–Kier alpha value is -1.59. The smallest absolute Gasteiger partial charge is 0.230 e. The zero-order valence-corrected chi connectivity index (χ0v) is 11.4. The van der Waals surface area contributed by atoms with E-state index < -0.39 is 0 Å². The summed E-state index contributed by atoms with van der Waals surface area (Å²) < 4.78 is 10.8. The van der Waals surface area contributed by atoms with Gasteiger partial charge in [0.05, 0.1) is 31.3 Å². The van der Waals surface area contributed by atoms with E-state index in [1.54, 1.807) is 0 Å². The molecule has 1 aliphatic heterocycles. The van der Waals surface area contributed by atoms with Gasteiger partial charge < -0.3 is 20.5 Å². The van der Waals surface area contributed by atoms with E-state index >= 15 is 0 Å². The summed E-state index contributed by atoms with van der Waals surface area (Å²) in [6.45, 7) is 2.30. The maximum atomic E-state index is 12.4. The van der Waals surface area contributed by atoms with Gasteiger partial charge in [-0.2, -0.15) is 0 Å². The minimum Gasteiger partial charge on any atom is -0.399 e. The molecule has 108 valence electrons. The lowest BCUT2D eigenvalue weighted by atomic mass is 9.94. The Labute approximate surface area is 118 Å². The fourth-order valence-electron chi connectivity index (χ4n) is 2.60. The van der Waals surface area contributed by atoms with Crippen LogP contribution in [0, 0.1) is 0 Å². The largest absolute Gasteiger partial charge is 0.399 e. The van der Waals surface area contributed by atoms with Crippen molar-refractivity contribution in [2.24, 2.45) is 0 Å². The first-order valence-electron chi connectivity index (χ1n) is 7.04. The molecule has 1 saturated heterocycles. The fraction of sp³-hybridized carbons (Fsp3) is 0.533. The third-order valence-corrected chi connectivity index (χ3v) is 4.02. The molecule has 0 radical (unpaired) electrons. The Kier molecular flexibility index (Phi) is 3.63. The second-order valence-electron chi connectivity index (χ2n) is 5.48. The van der Waals surface area contributed by atoms with Crippen LogP contribution in [0.5, 0.6) is 0 Å². The monoisotopic (exact) mass is 276 g/mol. The molecule has 3 N–H and O–H groups in total. The van der Waals surface area contributed by atoms with Gasteiger partial charge in [0.2, 0.25) is 5.91 Å². The van der Waals surface area contributed by atoms with Crippen molar-refractivity contribution in [3.05, 3.63) is 29.8 Å². The van der Waals surface area contributed by atoms with Gasteiger partial charge >= 0.3 is 0 Å². The number of ether oxygens (including phenoxy) is 2. The zero-order chi connectivity index (χ0) is 14.0. The molecule has 1 aromatic carbocycles. The first-order chi connectivity index (χ1) is 9.71. The van der Waals surface area contributed by atoms with E-state index in [9.17, 15) is 4.79 Å². The lowest BCUT2D eigenvalue weighted by molar-refractivity contribution is -0.126. The second-order valence-corrected chi connectivity index (χ2v) is 5.48. The summed E-state index contributed by atoms with van der Waals surface area (Å²) in [5.41, 5.74) is 7.10. The normalized spacial score (nSPS) is 24.1. The molecule has 3 rings (SSSR count). The summed E-state index contributed by atoms with van der Waals surface area (Å²) in [5, 5.41) is 2.99. The SMILES string of the molecule is Nc1ccc(C2(C(=O)NCC3COCCO3)CC2)cc1. The van der Waals surface area contributed by atoms with E-state index in [0.29, 0.717) is 26.4 Å². The Balaban J connectivity index is 1.60. The van der Waals surface area contributed by atoms with Crippen LogP contribution in [0.1, 0.15) is 18.4 Å². The summed E-state index contributed by atoms with van der Waals surface area (Å²) in [7, 11) is 0. The maximum Gasteiger partial charge on any atom is 0.230 e. The van der Waals surface area contributed by atoms with Crippen molar-refractivity contribution in [2.75, 3.05) is 32.1 Å². The molecule has 1 amide bonds. The van der Waals surface area contributed by atoms with Crippen LogP contribution in [0.15, 0.2) is 24.3 Å². The number of carbonyl (C=O) groups is 1. The van der Waals surface area contributed by atoms with Gasteiger partial charge in [-0.1, -0.05) is 12.1 Å². The summed E-state index contributed by atoms with van der Waals surface area (Å²) >= 11 is 0. The van der Waals surface area contributed by atoms with Crippen molar-refractivity contribution < 1.29 is 14.3 Å². The van der Waals surface area contributed by atoms with Crippen LogP contribution in [-0.2, 0) is 19.7 Å². The first-order valence-corrected chi connectivity index (χ1v) is 7.04. The van der Waals surface area contributed by atoms with Crippen LogP contribution in [0.3, 0.4) is 0 Å². The molecule has 1 heterocycles. The molecule has 1 aromatic rings. The molecule has 0 aromatic heterocycles.